The third-order valence-electron chi connectivity index (χ3n) is 2.79. The van der Waals surface area contributed by atoms with Gasteiger partial charge in [0.2, 0.25) is 0 Å². The van der Waals surface area contributed by atoms with Crippen molar-refractivity contribution in [1.29, 1.82) is 5.26 Å². The number of rotatable bonds is 1. The van der Waals surface area contributed by atoms with Gasteiger partial charge in [-0.25, -0.2) is 6.57 Å². The number of fused-ring (bicyclic) bond motifs is 1. The second-order valence-electron chi connectivity index (χ2n) is 3.62. The van der Waals surface area contributed by atoms with E-state index in [9.17, 15) is 4.79 Å². The minimum absolute atomic E-state index is 0.149. The Morgan fingerprint density at radius 2 is 2.19 bits per heavy atom. The van der Waals surface area contributed by atoms with Gasteiger partial charge in [0.25, 0.3) is 0 Å². The predicted molar refractivity (Wildman–Crippen MR) is 58.7 cm³/mol. The summed E-state index contributed by atoms with van der Waals surface area (Å²) < 4.78 is 0. The fourth-order valence-electron chi connectivity index (χ4n) is 2.02. The first-order chi connectivity index (χ1) is 7.70. The van der Waals surface area contributed by atoms with Crippen LogP contribution in [0.15, 0.2) is 36.4 Å². The van der Waals surface area contributed by atoms with E-state index in [4.69, 9.17) is 11.8 Å². The van der Waals surface area contributed by atoms with Gasteiger partial charge >= 0.3 is 6.04 Å². The van der Waals surface area contributed by atoms with E-state index in [0.29, 0.717) is 11.1 Å². The van der Waals surface area contributed by atoms with E-state index in [-0.39, 0.29) is 5.78 Å². The molecule has 3 nitrogen and oxygen atoms in total. The summed E-state index contributed by atoms with van der Waals surface area (Å²) in [7, 11) is 0. The van der Waals surface area contributed by atoms with Gasteiger partial charge in [-0.15, -0.1) is 0 Å². The summed E-state index contributed by atoms with van der Waals surface area (Å²) in [6.45, 7) is 10.7. The molecule has 1 aromatic carbocycles. The third-order valence-corrected chi connectivity index (χ3v) is 2.79. The molecule has 16 heavy (non-hydrogen) atoms. The van der Waals surface area contributed by atoms with Crippen molar-refractivity contribution < 1.29 is 4.79 Å². The Morgan fingerprint density at radius 1 is 1.50 bits per heavy atom. The lowest BCUT2D eigenvalue weighted by atomic mass is 9.92. The molecule has 0 saturated heterocycles. The van der Waals surface area contributed by atoms with Gasteiger partial charge in [-0.3, -0.25) is 9.64 Å². The Morgan fingerprint density at radius 3 is 2.81 bits per heavy atom. The smallest absolute Gasteiger partial charge is 0.296 e. The van der Waals surface area contributed by atoms with Crippen LogP contribution in [-0.4, -0.2) is 11.8 Å². The second-order valence-corrected chi connectivity index (χ2v) is 3.62. The molecule has 0 fully saturated rings. The number of carbonyl (C=O) groups excluding carboxylic acids is 1. The zero-order valence-electron chi connectivity index (χ0n) is 8.47. The molecule has 0 aromatic heterocycles. The molecule has 0 N–H and O–H groups in total. The molecule has 2 rings (SSSR count). The normalized spacial score (nSPS) is 19.8. The highest BCUT2D eigenvalue weighted by Crippen LogP contribution is 2.39. The van der Waals surface area contributed by atoms with E-state index < -0.39 is 12.0 Å². The Labute approximate surface area is 93.4 Å². The van der Waals surface area contributed by atoms with Gasteiger partial charge in [0, 0.05) is 11.1 Å². The molecule has 76 valence electrons. The van der Waals surface area contributed by atoms with Crippen molar-refractivity contribution in [3.05, 3.63) is 59.0 Å². The SMILES string of the molecule is [C-]#[N+]C(C#N)C1C(=C)C(=O)c2ccccc21. The van der Waals surface area contributed by atoms with Crippen molar-refractivity contribution in [3.8, 4) is 6.07 Å². The van der Waals surface area contributed by atoms with E-state index in [1.54, 1.807) is 24.3 Å². The molecule has 2 atom stereocenters. The highest BCUT2D eigenvalue weighted by Gasteiger charge is 2.41. The van der Waals surface area contributed by atoms with Crippen LogP contribution in [0.1, 0.15) is 21.8 Å². The van der Waals surface area contributed by atoms with E-state index in [2.05, 4.69) is 11.4 Å². The van der Waals surface area contributed by atoms with Gasteiger partial charge in [0.05, 0.1) is 0 Å². The van der Waals surface area contributed by atoms with Gasteiger partial charge in [0.1, 0.15) is 5.92 Å². The van der Waals surface area contributed by atoms with Crippen LogP contribution in [0, 0.1) is 17.9 Å². The largest absolute Gasteiger partial charge is 0.318 e. The first-order valence-corrected chi connectivity index (χ1v) is 4.79. The number of hydrogen-bond acceptors (Lipinski definition) is 2. The van der Waals surface area contributed by atoms with Gasteiger partial charge in [-0.1, -0.05) is 30.8 Å². The zero-order chi connectivity index (χ0) is 11.7. The van der Waals surface area contributed by atoms with Crippen molar-refractivity contribution in [2.24, 2.45) is 0 Å². The molecule has 3 heteroatoms. The lowest BCUT2D eigenvalue weighted by Crippen LogP contribution is -2.12. The molecule has 1 aliphatic carbocycles. The topological polar surface area (TPSA) is 45.2 Å². The summed E-state index contributed by atoms with van der Waals surface area (Å²) in [5.41, 5.74) is 1.67. The van der Waals surface area contributed by atoms with Crippen LogP contribution in [-0.2, 0) is 0 Å². The minimum Gasteiger partial charge on any atom is -0.296 e. The highest BCUT2D eigenvalue weighted by molar-refractivity contribution is 6.14. The van der Waals surface area contributed by atoms with Crippen molar-refractivity contribution in [1.82, 2.24) is 0 Å². The van der Waals surface area contributed by atoms with Crippen molar-refractivity contribution in [2.75, 3.05) is 0 Å². The molecule has 0 aliphatic heterocycles. The molecular formula is C13H8N2O. The first kappa shape index (κ1) is 10.1. The lowest BCUT2D eigenvalue weighted by Gasteiger charge is -2.08. The summed E-state index contributed by atoms with van der Waals surface area (Å²) >= 11 is 0. The molecule has 0 radical (unpaired) electrons. The fourth-order valence-corrected chi connectivity index (χ4v) is 2.02. The average molecular weight is 208 g/mol. The van der Waals surface area contributed by atoms with Gasteiger partial charge in [0.15, 0.2) is 11.9 Å². The Balaban J connectivity index is 2.59. The van der Waals surface area contributed by atoms with Crippen LogP contribution in [0.5, 0.6) is 0 Å². The van der Waals surface area contributed by atoms with Gasteiger partial charge in [-0.05, 0) is 5.56 Å². The lowest BCUT2D eigenvalue weighted by molar-refractivity contribution is 0.103. The number of Topliss-reactive ketones (excluding diaryl/α,β-unsaturated/α-hetero) is 1. The molecule has 0 heterocycles. The molecule has 1 aliphatic rings. The Hall–Kier alpha value is -2.39. The number of carbonyl (C=O) groups is 1. The Kier molecular flexibility index (Phi) is 2.31. The van der Waals surface area contributed by atoms with Crippen LogP contribution in [0.2, 0.25) is 0 Å². The monoisotopic (exact) mass is 208 g/mol. The number of benzene rings is 1. The van der Waals surface area contributed by atoms with Gasteiger partial charge < -0.3 is 0 Å². The standard InChI is InChI=1S/C13H8N2O/c1-8-12(11(7-14)15-2)9-5-3-4-6-10(9)13(8)16/h3-6,11-12H,1H2. The van der Waals surface area contributed by atoms with Crippen LogP contribution < -0.4 is 0 Å². The summed E-state index contributed by atoms with van der Waals surface area (Å²) in [4.78, 5) is 15.1. The Bertz CT molecular complexity index is 546. The van der Waals surface area contributed by atoms with Crippen molar-refractivity contribution >= 4 is 5.78 Å². The predicted octanol–water partition coefficient (Wildman–Crippen LogP) is 2.33. The molecule has 1 aromatic rings. The number of hydrogen-bond donors (Lipinski definition) is 0. The van der Waals surface area contributed by atoms with Crippen molar-refractivity contribution in [2.45, 2.75) is 12.0 Å². The maximum absolute atomic E-state index is 11.8. The molecule has 0 spiro atoms. The number of nitrogens with zero attached hydrogens (tertiary/aromatic N) is 2. The quantitative estimate of drug-likeness (QED) is 0.525. The average Bonchev–Trinajstić information content (AvgIpc) is 2.57. The molecule has 0 saturated carbocycles. The molecule has 2 unspecified atom stereocenters. The highest BCUT2D eigenvalue weighted by atomic mass is 16.1. The van der Waals surface area contributed by atoms with Crippen LogP contribution >= 0.6 is 0 Å². The maximum atomic E-state index is 11.8. The second kappa shape index (κ2) is 3.64. The maximum Gasteiger partial charge on any atom is 0.318 e. The fraction of sp³-hybridized carbons (Fsp3) is 0.154. The van der Waals surface area contributed by atoms with E-state index in [0.717, 1.165) is 5.56 Å². The van der Waals surface area contributed by atoms with E-state index in [1.165, 1.54) is 0 Å². The number of ketones is 1. The van der Waals surface area contributed by atoms with Gasteiger partial charge in [-0.2, -0.15) is 5.26 Å². The molecular weight excluding hydrogens is 200 g/mol. The summed E-state index contributed by atoms with van der Waals surface area (Å²) in [6.07, 6.45) is 0. The number of nitriles is 1. The van der Waals surface area contributed by atoms with Crippen LogP contribution in [0.4, 0.5) is 0 Å². The van der Waals surface area contributed by atoms with Crippen molar-refractivity contribution in [3.63, 3.8) is 0 Å². The first-order valence-electron chi connectivity index (χ1n) is 4.79. The van der Waals surface area contributed by atoms with Crippen LogP contribution in [0.25, 0.3) is 4.85 Å². The molecule has 0 amide bonds. The summed E-state index contributed by atoms with van der Waals surface area (Å²) in [5.74, 6) is -0.615. The summed E-state index contributed by atoms with van der Waals surface area (Å²) in [5, 5.41) is 8.90. The van der Waals surface area contributed by atoms with Crippen LogP contribution in [0.3, 0.4) is 0 Å². The zero-order valence-corrected chi connectivity index (χ0v) is 8.47. The minimum atomic E-state index is -0.861. The van der Waals surface area contributed by atoms with E-state index in [1.807, 2.05) is 6.07 Å². The molecule has 0 bridgehead atoms. The summed E-state index contributed by atoms with van der Waals surface area (Å²) in [6, 6.07) is 8.12. The van der Waals surface area contributed by atoms with E-state index >= 15 is 0 Å². The third kappa shape index (κ3) is 1.23.